The van der Waals surface area contributed by atoms with Gasteiger partial charge in [0, 0.05) is 6.54 Å². The zero-order valence-electron chi connectivity index (χ0n) is 10.6. The minimum absolute atomic E-state index is 0.562. The first-order chi connectivity index (χ1) is 9.72. The summed E-state index contributed by atoms with van der Waals surface area (Å²) in [7, 11) is 0. The standard InChI is InChI=1S/C14H13Cl2N3S/c15-10-5-11(16)13-14(19-20-18-13)12(10)17-6-9-4-7-1-2-8(9)3-7/h1-2,5,7-9,17H,3-4,6H2. The molecule has 3 nitrogen and oxygen atoms in total. The van der Waals surface area contributed by atoms with E-state index in [1.54, 1.807) is 6.07 Å². The smallest absolute Gasteiger partial charge is 0.130 e. The average molecular weight is 326 g/mol. The third-order valence-electron chi connectivity index (χ3n) is 4.40. The zero-order chi connectivity index (χ0) is 13.7. The normalized spacial score (nSPS) is 27.6. The molecule has 1 aromatic carbocycles. The predicted molar refractivity (Wildman–Crippen MR) is 84.8 cm³/mol. The van der Waals surface area contributed by atoms with Crippen molar-refractivity contribution >= 4 is 51.7 Å². The van der Waals surface area contributed by atoms with Gasteiger partial charge in [0.15, 0.2) is 0 Å². The van der Waals surface area contributed by atoms with Crippen LogP contribution in [0.4, 0.5) is 5.69 Å². The summed E-state index contributed by atoms with van der Waals surface area (Å²) in [5.41, 5.74) is 2.38. The summed E-state index contributed by atoms with van der Waals surface area (Å²) in [6.45, 7) is 0.930. The summed E-state index contributed by atoms with van der Waals surface area (Å²) < 4.78 is 8.55. The number of benzene rings is 1. The van der Waals surface area contributed by atoms with Crippen LogP contribution in [0.3, 0.4) is 0 Å². The van der Waals surface area contributed by atoms with Gasteiger partial charge in [-0.2, -0.15) is 8.75 Å². The Labute approximate surface area is 131 Å². The molecule has 6 heteroatoms. The van der Waals surface area contributed by atoms with E-state index in [-0.39, 0.29) is 0 Å². The first kappa shape index (κ1) is 12.9. The molecule has 104 valence electrons. The van der Waals surface area contributed by atoms with Crippen molar-refractivity contribution < 1.29 is 0 Å². The van der Waals surface area contributed by atoms with Gasteiger partial charge in [-0.25, -0.2) is 0 Å². The molecule has 0 radical (unpaired) electrons. The number of aromatic nitrogens is 2. The molecule has 0 saturated heterocycles. The minimum Gasteiger partial charge on any atom is -0.382 e. The fourth-order valence-electron chi connectivity index (χ4n) is 3.40. The summed E-state index contributed by atoms with van der Waals surface area (Å²) in [5, 5.41) is 4.66. The van der Waals surface area contributed by atoms with Crippen LogP contribution in [0.2, 0.25) is 10.0 Å². The molecule has 20 heavy (non-hydrogen) atoms. The van der Waals surface area contributed by atoms with E-state index in [2.05, 4.69) is 26.2 Å². The Kier molecular flexibility index (Phi) is 3.13. The Balaban J connectivity index is 1.60. The number of fused-ring (bicyclic) bond motifs is 3. The second-order valence-electron chi connectivity index (χ2n) is 5.60. The van der Waals surface area contributed by atoms with Crippen molar-refractivity contribution in [1.29, 1.82) is 0 Å². The van der Waals surface area contributed by atoms with Crippen LogP contribution in [0.25, 0.3) is 11.0 Å². The van der Waals surface area contributed by atoms with Crippen molar-refractivity contribution in [2.75, 3.05) is 11.9 Å². The summed E-state index contributed by atoms with van der Waals surface area (Å²) in [5.74, 6) is 2.20. The minimum atomic E-state index is 0.562. The largest absolute Gasteiger partial charge is 0.382 e. The van der Waals surface area contributed by atoms with Gasteiger partial charge in [-0.1, -0.05) is 35.4 Å². The third kappa shape index (κ3) is 2.01. The molecule has 0 amide bonds. The molecular formula is C14H13Cl2N3S. The summed E-state index contributed by atoms with van der Waals surface area (Å²) in [6.07, 6.45) is 7.31. The second-order valence-corrected chi connectivity index (χ2v) is 6.94. The Hall–Kier alpha value is -0.840. The van der Waals surface area contributed by atoms with Crippen LogP contribution in [0.5, 0.6) is 0 Å². The first-order valence-electron chi connectivity index (χ1n) is 6.75. The van der Waals surface area contributed by atoms with Gasteiger partial charge < -0.3 is 5.32 Å². The molecule has 0 aliphatic heterocycles. The number of nitrogens with one attached hydrogen (secondary N) is 1. The average Bonchev–Trinajstić information content (AvgIpc) is 3.14. The molecule has 1 saturated carbocycles. The number of nitrogens with zero attached hydrogens (tertiary/aromatic N) is 2. The SMILES string of the molecule is Clc1cc(Cl)c2nsnc2c1NCC1CC2C=CC1C2. The maximum Gasteiger partial charge on any atom is 0.130 e. The molecule has 3 unspecified atom stereocenters. The van der Waals surface area contributed by atoms with Crippen molar-refractivity contribution in [2.24, 2.45) is 17.8 Å². The summed E-state index contributed by atoms with van der Waals surface area (Å²) in [6, 6.07) is 1.75. The molecule has 3 atom stereocenters. The number of allylic oxidation sites excluding steroid dienone is 2. The number of anilines is 1. The van der Waals surface area contributed by atoms with Crippen molar-refractivity contribution in [3.63, 3.8) is 0 Å². The van der Waals surface area contributed by atoms with Gasteiger partial charge in [-0.3, -0.25) is 0 Å². The predicted octanol–water partition coefficient (Wildman–Crippen LogP) is 4.62. The van der Waals surface area contributed by atoms with Crippen molar-refractivity contribution in [3.8, 4) is 0 Å². The monoisotopic (exact) mass is 325 g/mol. The second kappa shape index (κ2) is 4.86. The highest BCUT2D eigenvalue weighted by atomic mass is 35.5. The molecule has 1 fully saturated rings. The molecule has 2 aliphatic carbocycles. The molecule has 1 aromatic heterocycles. The van der Waals surface area contributed by atoms with Gasteiger partial charge in [0.25, 0.3) is 0 Å². The zero-order valence-corrected chi connectivity index (χ0v) is 13.0. The van der Waals surface area contributed by atoms with Gasteiger partial charge in [-0.05, 0) is 36.7 Å². The fraction of sp³-hybridized carbons (Fsp3) is 0.429. The van der Waals surface area contributed by atoms with Crippen molar-refractivity contribution in [3.05, 3.63) is 28.3 Å². The van der Waals surface area contributed by atoms with Gasteiger partial charge in [0.05, 0.1) is 27.5 Å². The number of halogens is 2. The maximum absolute atomic E-state index is 6.31. The molecular weight excluding hydrogens is 313 g/mol. The van der Waals surface area contributed by atoms with E-state index in [1.807, 2.05) is 0 Å². The Morgan fingerprint density at radius 1 is 1.15 bits per heavy atom. The molecule has 2 bridgehead atoms. The van der Waals surface area contributed by atoms with Gasteiger partial charge in [-0.15, -0.1) is 0 Å². The molecule has 0 spiro atoms. The molecule has 2 aromatic rings. The van der Waals surface area contributed by atoms with Crippen molar-refractivity contribution in [1.82, 2.24) is 8.75 Å². The van der Waals surface area contributed by atoms with E-state index in [9.17, 15) is 0 Å². The lowest BCUT2D eigenvalue weighted by molar-refractivity contribution is 0.472. The Bertz CT molecular complexity index is 697. The third-order valence-corrected chi connectivity index (χ3v) is 5.52. The van der Waals surface area contributed by atoms with Crippen LogP contribution < -0.4 is 5.32 Å². The van der Waals surface area contributed by atoms with Crippen LogP contribution in [-0.4, -0.2) is 15.3 Å². The number of hydrogen-bond donors (Lipinski definition) is 1. The maximum atomic E-state index is 6.31. The quantitative estimate of drug-likeness (QED) is 0.836. The van der Waals surface area contributed by atoms with Crippen LogP contribution in [0.1, 0.15) is 12.8 Å². The molecule has 1 heterocycles. The van der Waals surface area contributed by atoms with E-state index in [0.29, 0.717) is 16.0 Å². The van der Waals surface area contributed by atoms with Crippen molar-refractivity contribution in [2.45, 2.75) is 12.8 Å². The van der Waals surface area contributed by atoms with E-state index >= 15 is 0 Å². The highest BCUT2D eigenvalue weighted by molar-refractivity contribution is 7.00. The fourth-order valence-corrected chi connectivity index (χ4v) is 4.58. The number of hydrogen-bond acceptors (Lipinski definition) is 4. The molecule has 1 N–H and O–H groups in total. The van der Waals surface area contributed by atoms with Crippen LogP contribution in [0.15, 0.2) is 18.2 Å². The highest BCUT2D eigenvalue weighted by Crippen LogP contribution is 2.44. The lowest BCUT2D eigenvalue weighted by Crippen LogP contribution is -2.18. The summed E-state index contributed by atoms with van der Waals surface area (Å²) >= 11 is 13.6. The van der Waals surface area contributed by atoms with Crippen LogP contribution in [0, 0.1) is 17.8 Å². The van der Waals surface area contributed by atoms with Crippen LogP contribution >= 0.6 is 34.9 Å². The Morgan fingerprint density at radius 3 is 2.75 bits per heavy atom. The van der Waals surface area contributed by atoms with E-state index in [1.165, 1.54) is 24.6 Å². The lowest BCUT2D eigenvalue weighted by Gasteiger charge is -2.19. The lowest BCUT2D eigenvalue weighted by atomic mass is 9.93. The van der Waals surface area contributed by atoms with E-state index in [0.717, 1.165) is 35.1 Å². The van der Waals surface area contributed by atoms with Gasteiger partial charge in [0.1, 0.15) is 11.0 Å². The first-order valence-corrected chi connectivity index (χ1v) is 8.23. The van der Waals surface area contributed by atoms with E-state index in [4.69, 9.17) is 23.2 Å². The molecule has 4 rings (SSSR count). The van der Waals surface area contributed by atoms with Crippen LogP contribution in [-0.2, 0) is 0 Å². The summed E-state index contributed by atoms with van der Waals surface area (Å²) in [4.78, 5) is 0. The van der Waals surface area contributed by atoms with Gasteiger partial charge in [0.2, 0.25) is 0 Å². The van der Waals surface area contributed by atoms with Gasteiger partial charge >= 0.3 is 0 Å². The van der Waals surface area contributed by atoms with E-state index < -0.39 is 0 Å². The topological polar surface area (TPSA) is 37.8 Å². The Morgan fingerprint density at radius 2 is 2.00 bits per heavy atom. The number of rotatable bonds is 3. The highest BCUT2D eigenvalue weighted by Gasteiger charge is 2.35. The molecule has 2 aliphatic rings.